The van der Waals surface area contributed by atoms with Crippen LogP contribution in [0.5, 0.6) is 0 Å². The van der Waals surface area contributed by atoms with E-state index in [1.165, 1.54) is 24.3 Å². The zero-order chi connectivity index (χ0) is 18.7. The maximum absolute atomic E-state index is 13.8. The number of halogens is 3. The molecule has 0 radical (unpaired) electrons. The molecule has 0 atom stereocenters. The first-order valence-electron chi connectivity index (χ1n) is 7.47. The van der Waals surface area contributed by atoms with Gasteiger partial charge in [-0.15, -0.1) is 10.2 Å². The molecule has 3 rings (SSSR count). The van der Waals surface area contributed by atoms with Crippen molar-refractivity contribution in [2.45, 2.75) is 5.16 Å². The summed E-state index contributed by atoms with van der Waals surface area (Å²) in [5.74, 6) is -0.733. The maximum atomic E-state index is 13.8. The molecule has 1 aromatic heterocycles. The largest absolute Gasteiger partial charge is 0.323 e. The van der Waals surface area contributed by atoms with Crippen LogP contribution in [0.4, 0.5) is 14.5 Å². The van der Waals surface area contributed by atoms with E-state index in [0.29, 0.717) is 21.0 Å². The summed E-state index contributed by atoms with van der Waals surface area (Å²) in [5.41, 5.74) is 0.699. The lowest BCUT2D eigenvalue weighted by atomic mass is 10.2. The molecular weight excluding hydrogens is 426 g/mol. The number of hydrogen-bond donors (Lipinski definition) is 1. The number of nitrogens with one attached hydrogen (secondary N) is 1. The Morgan fingerprint density at radius 2 is 2.04 bits per heavy atom. The first-order chi connectivity index (χ1) is 12.4. The fourth-order valence-corrected chi connectivity index (χ4v) is 3.27. The number of carbonyl (C=O) groups excluding carboxylic acids is 1. The highest BCUT2D eigenvalue weighted by molar-refractivity contribution is 9.10. The van der Waals surface area contributed by atoms with Gasteiger partial charge in [0.25, 0.3) is 0 Å². The number of nitrogens with zero attached hydrogens (tertiary/aromatic N) is 3. The summed E-state index contributed by atoms with van der Waals surface area (Å²) in [6, 6.07) is 10.4. The summed E-state index contributed by atoms with van der Waals surface area (Å²) < 4.78 is 29.4. The van der Waals surface area contributed by atoms with Crippen LogP contribution in [0, 0.1) is 11.6 Å². The minimum Gasteiger partial charge on any atom is -0.323 e. The van der Waals surface area contributed by atoms with Crippen LogP contribution in [-0.2, 0) is 11.8 Å². The van der Waals surface area contributed by atoms with Crippen LogP contribution in [0.2, 0.25) is 0 Å². The van der Waals surface area contributed by atoms with Gasteiger partial charge in [0.15, 0.2) is 11.0 Å². The van der Waals surface area contributed by atoms with E-state index >= 15 is 0 Å². The molecule has 2 aromatic carbocycles. The number of carbonyl (C=O) groups is 1. The fourth-order valence-electron chi connectivity index (χ4n) is 2.23. The number of hydrogen-bond acceptors (Lipinski definition) is 4. The topological polar surface area (TPSA) is 59.8 Å². The van der Waals surface area contributed by atoms with E-state index in [1.807, 2.05) is 0 Å². The zero-order valence-corrected chi connectivity index (χ0v) is 15.9. The van der Waals surface area contributed by atoms with Crippen molar-refractivity contribution in [2.24, 2.45) is 7.05 Å². The molecular formula is C17H13BrF2N4OS. The first-order valence-corrected chi connectivity index (χ1v) is 9.25. The van der Waals surface area contributed by atoms with Gasteiger partial charge in [-0.25, -0.2) is 8.78 Å². The minimum atomic E-state index is -0.523. The van der Waals surface area contributed by atoms with E-state index in [-0.39, 0.29) is 23.2 Å². The van der Waals surface area contributed by atoms with E-state index < -0.39 is 5.82 Å². The smallest absolute Gasteiger partial charge is 0.234 e. The van der Waals surface area contributed by atoms with E-state index in [1.54, 1.807) is 29.8 Å². The molecule has 0 unspecified atom stereocenters. The second kappa shape index (κ2) is 7.96. The molecule has 0 aliphatic heterocycles. The average molecular weight is 439 g/mol. The standard InChI is InChI=1S/C17H13BrF2N4OS/c1-24-16(10-3-2-4-12(19)7-10)22-23-17(24)26-9-15(25)21-14-6-5-11(18)8-13(14)20/h2-8H,9H2,1H3,(H,21,25). The van der Waals surface area contributed by atoms with E-state index in [2.05, 4.69) is 31.4 Å². The van der Waals surface area contributed by atoms with Gasteiger partial charge in [0.1, 0.15) is 11.6 Å². The summed E-state index contributed by atoms with van der Waals surface area (Å²) in [4.78, 5) is 12.0. The summed E-state index contributed by atoms with van der Waals surface area (Å²) in [6.45, 7) is 0. The van der Waals surface area contributed by atoms with Crippen molar-refractivity contribution in [1.82, 2.24) is 14.8 Å². The first kappa shape index (κ1) is 18.5. The van der Waals surface area contributed by atoms with Gasteiger partial charge in [0.2, 0.25) is 5.91 Å². The average Bonchev–Trinajstić information content (AvgIpc) is 2.96. The number of rotatable bonds is 5. The van der Waals surface area contributed by atoms with Gasteiger partial charge in [-0.1, -0.05) is 39.8 Å². The van der Waals surface area contributed by atoms with Crippen molar-refractivity contribution in [2.75, 3.05) is 11.1 Å². The normalized spacial score (nSPS) is 10.8. The summed E-state index contributed by atoms with van der Waals surface area (Å²) in [6.07, 6.45) is 0. The highest BCUT2D eigenvalue weighted by Crippen LogP contribution is 2.24. The summed E-state index contributed by atoms with van der Waals surface area (Å²) in [5, 5.41) is 11.1. The van der Waals surface area contributed by atoms with Crippen molar-refractivity contribution in [1.29, 1.82) is 0 Å². The Bertz CT molecular complexity index is 964. The van der Waals surface area contributed by atoms with Crippen LogP contribution < -0.4 is 5.32 Å². The van der Waals surface area contributed by atoms with Gasteiger partial charge in [-0.2, -0.15) is 0 Å². The Balaban J connectivity index is 1.66. The van der Waals surface area contributed by atoms with Gasteiger partial charge >= 0.3 is 0 Å². The van der Waals surface area contributed by atoms with Crippen molar-refractivity contribution in [3.8, 4) is 11.4 Å². The lowest BCUT2D eigenvalue weighted by molar-refractivity contribution is -0.113. The van der Waals surface area contributed by atoms with Gasteiger partial charge in [0, 0.05) is 17.1 Å². The molecule has 134 valence electrons. The Morgan fingerprint density at radius 3 is 2.77 bits per heavy atom. The second-order valence-electron chi connectivity index (χ2n) is 5.34. The molecule has 0 aliphatic rings. The lowest BCUT2D eigenvalue weighted by Gasteiger charge is -2.07. The summed E-state index contributed by atoms with van der Waals surface area (Å²) >= 11 is 4.31. The predicted molar refractivity (Wildman–Crippen MR) is 99.9 cm³/mol. The van der Waals surface area contributed by atoms with E-state index in [0.717, 1.165) is 11.8 Å². The number of benzene rings is 2. The highest BCUT2D eigenvalue weighted by Gasteiger charge is 2.14. The van der Waals surface area contributed by atoms with E-state index in [9.17, 15) is 13.6 Å². The highest BCUT2D eigenvalue weighted by atomic mass is 79.9. The van der Waals surface area contributed by atoms with Gasteiger partial charge in [0.05, 0.1) is 11.4 Å². The number of thioether (sulfide) groups is 1. The molecule has 0 fully saturated rings. The molecule has 0 saturated heterocycles. The Morgan fingerprint density at radius 1 is 1.23 bits per heavy atom. The molecule has 9 heteroatoms. The molecule has 26 heavy (non-hydrogen) atoms. The van der Waals surface area contributed by atoms with Crippen LogP contribution in [0.3, 0.4) is 0 Å². The predicted octanol–water partition coefficient (Wildman–Crippen LogP) is 4.25. The summed E-state index contributed by atoms with van der Waals surface area (Å²) in [7, 11) is 1.73. The molecule has 1 heterocycles. The monoisotopic (exact) mass is 438 g/mol. The quantitative estimate of drug-likeness (QED) is 0.604. The molecule has 0 spiro atoms. The Labute approximate surface area is 161 Å². The lowest BCUT2D eigenvalue weighted by Crippen LogP contribution is -2.15. The van der Waals surface area contributed by atoms with Crippen molar-refractivity contribution in [3.05, 3.63) is 58.6 Å². The third-order valence-electron chi connectivity index (χ3n) is 3.46. The van der Waals surface area contributed by atoms with E-state index in [4.69, 9.17) is 0 Å². The Hall–Kier alpha value is -2.26. The zero-order valence-electron chi connectivity index (χ0n) is 13.5. The number of aromatic nitrogens is 3. The fraction of sp³-hybridized carbons (Fsp3) is 0.118. The number of amides is 1. The van der Waals surface area contributed by atoms with Crippen LogP contribution in [0.25, 0.3) is 11.4 Å². The molecule has 0 saturated carbocycles. The van der Waals surface area contributed by atoms with Gasteiger partial charge in [-0.05, 0) is 30.3 Å². The van der Waals surface area contributed by atoms with Crippen LogP contribution >= 0.6 is 27.7 Å². The Kier molecular flexibility index (Phi) is 5.67. The second-order valence-corrected chi connectivity index (χ2v) is 7.19. The SMILES string of the molecule is Cn1c(SCC(=O)Nc2ccc(Br)cc2F)nnc1-c1cccc(F)c1. The third kappa shape index (κ3) is 4.28. The molecule has 1 amide bonds. The number of anilines is 1. The molecule has 1 N–H and O–H groups in total. The third-order valence-corrected chi connectivity index (χ3v) is 4.97. The van der Waals surface area contributed by atoms with Crippen molar-refractivity contribution < 1.29 is 13.6 Å². The van der Waals surface area contributed by atoms with Gasteiger partial charge < -0.3 is 9.88 Å². The maximum Gasteiger partial charge on any atom is 0.234 e. The van der Waals surface area contributed by atoms with Crippen molar-refractivity contribution in [3.63, 3.8) is 0 Å². The molecule has 0 aliphatic carbocycles. The van der Waals surface area contributed by atoms with Crippen molar-refractivity contribution >= 4 is 39.3 Å². The molecule has 0 bridgehead atoms. The van der Waals surface area contributed by atoms with Crippen LogP contribution in [0.15, 0.2) is 52.1 Å². The minimum absolute atomic E-state index is 0.0324. The van der Waals surface area contributed by atoms with Crippen LogP contribution in [0.1, 0.15) is 0 Å². The molecule has 5 nitrogen and oxygen atoms in total. The molecule has 3 aromatic rings. The van der Waals surface area contributed by atoms with Gasteiger partial charge in [-0.3, -0.25) is 4.79 Å². The van der Waals surface area contributed by atoms with Crippen LogP contribution in [-0.4, -0.2) is 26.4 Å².